The third-order valence-corrected chi connectivity index (χ3v) is 10.9. The maximum Gasteiger partial charge on any atom is 0.0485 e. The van der Waals surface area contributed by atoms with Crippen LogP contribution < -0.4 is 0 Å². The number of hydrogen-bond donors (Lipinski definition) is 0. The summed E-state index contributed by atoms with van der Waals surface area (Å²) in [5.41, 5.74) is 17.3. The molecule has 0 N–H and O–H groups in total. The van der Waals surface area contributed by atoms with Crippen molar-refractivity contribution in [3.05, 3.63) is 237 Å². The van der Waals surface area contributed by atoms with Gasteiger partial charge in [0.05, 0.1) is 0 Å². The molecule has 10 rings (SSSR count). The molecule has 0 amide bonds. The Bertz CT molecular complexity index is 2550. The number of hydrogen-bond acceptors (Lipinski definition) is 0. The monoisotopic (exact) mass is 882 g/mol. The van der Waals surface area contributed by atoms with Crippen LogP contribution in [0.4, 0.5) is 0 Å². The third kappa shape index (κ3) is 7.65. The van der Waals surface area contributed by atoms with Crippen LogP contribution in [-0.4, -0.2) is 0 Å². The molecular weight excluding hydrogens is 854 g/mol. The summed E-state index contributed by atoms with van der Waals surface area (Å²) in [5.74, 6) is 0.666. The average Bonchev–Trinajstić information content (AvgIpc) is 3.85. The predicted octanol–water partition coefficient (Wildman–Crippen LogP) is 13.9. The first-order valence-electron chi connectivity index (χ1n) is 17.5. The SMILES string of the molecule is Clc1ccccc1-c1cc(C2=CC3C(=C2)C=Cc2c[c-]ccc23)ccc1Cl.[Zr].[Zr].[c-]1ccc2c(c1)C=CC1=CC(c3cccc(-c4ccccc4)c3)=CC12. The minimum absolute atomic E-state index is 0. The first-order chi connectivity index (χ1) is 25.6. The molecule has 4 aliphatic rings. The van der Waals surface area contributed by atoms with Gasteiger partial charge in [-0.25, -0.2) is 0 Å². The van der Waals surface area contributed by atoms with Crippen molar-refractivity contribution in [3.8, 4) is 22.3 Å². The van der Waals surface area contributed by atoms with Crippen molar-refractivity contribution >= 4 is 46.5 Å². The largest absolute Gasteiger partial charge is 0.183 e. The Kier molecular flexibility index (Phi) is 12.0. The predicted molar refractivity (Wildman–Crippen MR) is 220 cm³/mol. The molecule has 256 valence electrons. The van der Waals surface area contributed by atoms with Gasteiger partial charge in [0.15, 0.2) is 0 Å². The molecular formula is C50H32Cl2Zr2-2. The summed E-state index contributed by atoms with van der Waals surface area (Å²) in [6.07, 6.45) is 18.1. The van der Waals surface area contributed by atoms with Gasteiger partial charge in [-0.2, -0.15) is 48.5 Å². The van der Waals surface area contributed by atoms with E-state index in [1.165, 1.54) is 61.2 Å². The number of fused-ring (bicyclic) bond motifs is 6. The van der Waals surface area contributed by atoms with Crippen LogP contribution in [0, 0.1) is 12.1 Å². The van der Waals surface area contributed by atoms with E-state index in [2.05, 4.69) is 146 Å². The van der Waals surface area contributed by atoms with E-state index < -0.39 is 0 Å². The molecule has 2 atom stereocenters. The van der Waals surface area contributed by atoms with Crippen molar-refractivity contribution in [2.24, 2.45) is 0 Å². The van der Waals surface area contributed by atoms with Crippen LogP contribution in [-0.2, 0) is 52.4 Å². The summed E-state index contributed by atoms with van der Waals surface area (Å²) in [7, 11) is 0. The van der Waals surface area contributed by atoms with Gasteiger partial charge in [-0.3, -0.25) is 0 Å². The molecule has 0 saturated heterocycles. The zero-order valence-electron chi connectivity index (χ0n) is 29.2. The fraction of sp³-hybridized carbons (Fsp3) is 0.0400. The Morgan fingerprint density at radius 1 is 0.444 bits per heavy atom. The summed E-state index contributed by atoms with van der Waals surface area (Å²) in [6, 6.07) is 52.2. The van der Waals surface area contributed by atoms with E-state index in [-0.39, 0.29) is 52.4 Å². The smallest absolute Gasteiger partial charge is 0.0485 e. The number of rotatable bonds is 4. The topological polar surface area (TPSA) is 0 Å². The first-order valence-corrected chi connectivity index (χ1v) is 18.3. The summed E-state index contributed by atoms with van der Waals surface area (Å²) >= 11 is 12.9. The van der Waals surface area contributed by atoms with E-state index in [4.69, 9.17) is 23.2 Å². The van der Waals surface area contributed by atoms with Crippen LogP contribution in [0.15, 0.2) is 181 Å². The second-order valence-electron chi connectivity index (χ2n) is 13.4. The Hall–Kier alpha value is -3.89. The van der Waals surface area contributed by atoms with Crippen LogP contribution in [0.5, 0.6) is 0 Å². The second kappa shape index (κ2) is 16.9. The molecule has 0 heterocycles. The van der Waals surface area contributed by atoms with Crippen LogP contribution in [0.1, 0.15) is 45.2 Å². The Labute approximate surface area is 366 Å². The average molecular weight is 886 g/mol. The quantitative estimate of drug-likeness (QED) is 0.155. The van der Waals surface area contributed by atoms with Gasteiger partial charge in [0.2, 0.25) is 0 Å². The zero-order chi connectivity index (χ0) is 35.0. The zero-order valence-corrected chi connectivity index (χ0v) is 35.7. The van der Waals surface area contributed by atoms with Gasteiger partial charge >= 0.3 is 0 Å². The Balaban J connectivity index is 0.000000161. The molecule has 6 aromatic rings. The van der Waals surface area contributed by atoms with E-state index >= 15 is 0 Å². The molecule has 0 aromatic heterocycles. The van der Waals surface area contributed by atoms with Gasteiger partial charge in [-0.1, -0.05) is 132 Å². The second-order valence-corrected chi connectivity index (χ2v) is 14.2. The molecule has 0 nitrogen and oxygen atoms in total. The van der Waals surface area contributed by atoms with Crippen molar-refractivity contribution in [2.75, 3.05) is 0 Å². The molecule has 0 radical (unpaired) electrons. The molecule has 0 fully saturated rings. The van der Waals surface area contributed by atoms with Gasteiger partial charge in [-0.05, 0) is 68.8 Å². The van der Waals surface area contributed by atoms with Gasteiger partial charge < -0.3 is 0 Å². The fourth-order valence-electron chi connectivity index (χ4n) is 7.63. The van der Waals surface area contributed by atoms with Crippen LogP contribution in [0.2, 0.25) is 10.0 Å². The van der Waals surface area contributed by atoms with E-state index in [9.17, 15) is 0 Å². The van der Waals surface area contributed by atoms with E-state index in [0.717, 1.165) is 16.7 Å². The number of halogens is 2. The van der Waals surface area contributed by atoms with Crippen molar-refractivity contribution in [2.45, 2.75) is 11.8 Å². The standard InChI is InChI=1S/C25H15Cl2.C25H17.2Zr/c26-24-8-4-3-7-21(24)23-14-17(11-12-25(23)27)19-13-18-10-9-16-5-1-2-6-20(16)22(18)15-19;1-2-7-18(8-3-1)20-10-6-11-21(15-20)23-16-22-14-13-19-9-4-5-12-24(19)25(22)17-23;;/h2-15,22H;1-3,5-17,25H;;/q2*-1;;. The molecule has 2 unspecified atom stereocenters. The number of benzene rings is 6. The maximum absolute atomic E-state index is 6.49. The molecule has 54 heavy (non-hydrogen) atoms. The van der Waals surface area contributed by atoms with Crippen molar-refractivity contribution in [1.29, 1.82) is 0 Å². The summed E-state index contributed by atoms with van der Waals surface area (Å²) in [4.78, 5) is 0. The molecule has 0 aliphatic heterocycles. The first kappa shape index (κ1) is 38.4. The van der Waals surface area contributed by atoms with Crippen molar-refractivity contribution in [3.63, 3.8) is 0 Å². The fourth-order valence-corrected chi connectivity index (χ4v) is 8.08. The van der Waals surface area contributed by atoms with Crippen LogP contribution >= 0.6 is 23.2 Å². The third-order valence-electron chi connectivity index (χ3n) is 10.3. The minimum Gasteiger partial charge on any atom is -0.183 e. The van der Waals surface area contributed by atoms with E-state index in [1.54, 1.807) is 0 Å². The normalized spacial score (nSPS) is 16.7. The molecule has 0 saturated carbocycles. The summed E-state index contributed by atoms with van der Waals surface area (Å²) in [6.45, 7) is 0. The van der Waals surface area contributed by atoms with E-state index in [1.807, 2.05) is 48.5 Å². The Morgan fingerprint density at radius 2 is 0.981 bits per heavy atom. The molecule has 6 aromatic carbocycles. The van der Waals surface area contributed by atoms with Gasteiger partial charge in [0.1, 0.15) is 0 Å². The molecule has 0 bridgehead atoms. The van der Waals surface area contributed by atoms with Crippen LogP contribution in [0.25, 0.3) is 45.6 Å². The summed E-state index contributed by atoms with van der Waals surface area (Å²) in [5, 5.41) is 1.41. The summed E-state index contributed by atoms with van der Waals surface area (Å²) < 4.78 is 0. The minimum atomic E-state index is 0. The van der Waals surface area contributed by atoms with Gasteiger partial charge in [-0.15, -0.1) is 34.4 Å². The van der Waals surface area contributed by atoms with Crippen LogP contribution in [0.3, 0.4) is 0 Å². The van der Waals surface area contributed by atoms with E-state index in [0.29, 0.717) is 21.9 Å². The molecule has 4 aliphatic carbocycles. The van der Waals surface area contributed by atoms with Crippen molar-refractivity contribution < 1.29 is 52.4 Å². The van der Waals surface area contributed by atoms with Crippen molar-refractivity contribution in [1.82, 2.24) is 0 Å². The Morgan fingerprint density at radius 3 is 1.61 bits per heavy atom. The van der Waals surface area contributed by atoms with Gasteiger partial charge in [0.25, 0.3) is 0 Å². The maximum atomic E-state index is 6.49. The van der Waals surface area contributed by atoms with Gasteiger partial charge in [0, 0.05) is 85.4 Å². The number of allylic oxidation sites excluding steroid dienone is 10. The molecule has 0 spiro atoms. The molecule has 4 heteroatoms.